The van der Waals surface area contributed by atoms with Crippen LogP contribution in [0, 0.1) is 0 Å². The van der Waals surface area contributed by atoms with Crippen molar-refractivity contribution in [3.63, 3.8) is 0 Å². The van der Waals surface area contributed by atoms with Gasteiger partial charge in [-0.25, -0.2) is 0 Å². The number of piperazine rings is 1. The maximum absolute atomic E-state index is 5.53. The number of ether oxygens (including phenoxy) is 3. The van der Waals surface area contributed by atoms with E-state index in [-0.39, 0.29) is 0 Å². The Balaban J connectivity index is 2.22. The second kappa shape index (κ2) is 6.81. The van der Waals surface area contributed by atoms with Crippen LogP contribution in [0.2, 0.25) is 0 Å². The molecule has 0 unspecified atom stereocenters. The van der Waals surface area contributed by atoms with Crippen molar-refractivity contribution in [3.05, 3.63) is 17.7 Å². The molecular formula is C15H24N2O3. The van der Waals surface area contributed by atoms with E-state index >= 15 is 0 Å². The highest BCUT2D eigenvalue weighted by Crippen LogP contribution is 2.40. The molecule has 1 aliphatic rings. The average Bonchev–Trinajstić information content (AvgIpc) is 2.46. The second-order valence-electron chi connectivity index (χ2n) is 5.08. The van der Waals surface area contributed by atoms with Crippen LogP contribution in [0.5, 0.6) is 17.2 Å². The van der Waals surface area contributed by atoms with Crippen LogP contribution in [0.25, 0.3) is 0 Å². The van der Waals surface area contributed by atoms with Crippen LogP contribution >= 0.6 is 0 Å². The number of methoxy groups -OCH3 is 3. The maximum Gasteiger partial charge on any atom is 0.203 e. The summed E-state index contributed by atoms with van der Waals surface area (Å²) >= 11 is 0. The molecule has 1 aromatic rings. The van der Waals surface area contributed by atoms with Crippen molar-refractivity contribution >= 4 is 0 Å². The van der Waals surface area contributed by atoms with Gasteiger partial charge in [0.1, 0.15) is 0 Å². The molecule has 112 valence electrons. The van der Waals surface area contributed by atoms with Crippen molar-refractivity contribution < 1.29 is 14.2 Å². The zero-order valence-corrected chi connectivity index (χ0v) is 12.7. The molecule has 0 aromatic heterocycles. The molecule has 1 fully saturated rings. The summed E-state index contributed by atoms with van der Waals surface area (Å²) in [5, 5.41) is 3.45. The first kappa shape index (κ1) is 14.9. The molecule has 1 aromatic carbocycles. The molecule has 20 heavy (non-hydrogen) atoms. The average molecular weight is 280 g/mol. The normalized spacial score (nSPS) is 19.7. The fourth-order valence-corrected chi connectivity index (χ4v) is 2.68. The summed E-state index contributed by atoms with van der Waals surface area (Å²) in [6.07, 6.45) is 0. The van der Waals surface area contributed by atoms with E-state index in [4.69, 9.17) is 14.2 Å². The van der Waals surface area contributed by atoms with Crippen molar-refractivity contribution in [2.45, 2.75) is 19.5 Å². The van der Waals surface area contributed by atoms with E-state index < -0.39 is 0 Å². The van der Waals surface area contributed by atoms with Crippen molar-refractivity contribution in [2.75, 3.05) is 41.0 Å². The van der Waals surface area contributed by atoms with Crippen molar-refractivity contribution in [1.29, 1.82) is 0 Å². The fourth-order valence-electron chi connectivity index (χ4n) is 2.68. The first-order valence-corrected chi connectivity index (χ1v) is 6.93. The van der Waals surface area contributed by atoms with E-state index in [9.17, 15) is 0 Å². The van der Waals surface area contributed by atoms with E-state index in [1.165, 1.54) is 0 Å². The zero-order valence-electron chi connectivity index (χ0n) is 12.7. The highest BCUT2D eigenvalue weighted by molar-refractivity contribution is 5.55. The van der Waals surface area contributed by atoms with E-state index in [0.29, 0.717) is 17.5 Å². The van der Waals surface area contributed by atoms with Crippen LogP contribution < -0.4 is 19.5 Å². The minimum absolute atomic E-state index is 0.523. The largest absolute Gasteiger partial charge is 0.493 e. The summed E-state index contributed by atoms with van der Waals surface area (Å²) in [5.41, 5.74) is 1.12. The summed E-state index contributed by atoms with van der Waals surface area (Å²) in [7, 11) is 4.94. The Morgan fingerprint density at radius 1 is 1.15 bits per heavy atom. The van der Waals surface area contributed by atoms with Crippen molar-refractivity contribution in [2.24, 2.45) is 0 Å². The highest BCUT2D eigenvalue weighted by Gasteiger charge is 2.20. The lowest BCUT2D eigenvalue weighted by atomic mass is 10.1. The van der Waals surface area contributed by atoms with Gasteiger partial charge in [-0.3, -0.25) is 4.90 Å². The summed E-state index contributed by atoms with van der Waals surface area (Å²) in [6, 6.07) is 4.50. The molecule has 0 radical (unpaired) electrons. The predicted molar refractivity (Wildman–Crippen MR) is 78.8 cm³/mol. The molecule has 1 heterocycles. The summed E-state index contributed by atoms with van der Waals surface area (Å²) < 4.78 is 16.3. The van der Waals surface area contributed by atoms with Gasteiger partial charge in [-0.2, -0.15) is 0 Å². The summed E-state index contributed by atoms with van der Waals surface area (Å²) in [4.78, 5) is 2.42. The molecule has 2 rings (SSSR count). The first-order chi connectivity index (χ1) is 9.69. The lowest BCUT2D eigenvalue weighted by Crippen LogP contribution is -2.48. The number of benzene rings is 1. The third kappa shape index (κ3) is 3.16. The molecule has 0 saturated carbocycles. The van der Waals surface area contributed by atoms with Crippen LogP contribution in [0.3, 0.4) is 0 Å². The SMILES string of the molecule is COc1ccc(CN2CCN[C@@H](C)C2)c(OC)c1OC. The lowest BCUT2D eigenvalue weighted by Gasteiger charge is -2.32. The van der Waals surface area contributed by atoms with E-state index in [2.05, 4.69) is 17.1 Å². The number of nitrogens with one attached hydrogen (secondary N) is 1. The minimum Gasteiger partial charge on any atom is -0.493 e. The van der Waals surface area contributed by atoms with Gasteiger partial charge >= 0.3 is 0 Å². The molecule has 1 saturated heterocycles. The molecule has 1 atom stereocenters. The summed E-state index contributed by atoms with van der Waals surface area (Å²) in [6.45, 7) is 6.17. The Hall–Kier alpha value is -1.46. The fraction of sp³-hybridized carbons (Fsp3) is 0.600. The number of hydrogen-bond donors (Lipinski definition) is 1. The highest BCUT2D eigenvalue weighted by atomic mass is 16.5. The molecule has 0 spiro atoms. The quantitative estimate of drug-likeness (QED) is 0.885. The Labute approximate surface area is 120 Å². The number of hydrogen-bond acceptors (Lipinski definition) is 5. The monoisotopic (exact) mass is 280 g/mol. The maximum atomic E-state index is 5.53. The van der Waals surface area contributed by atoms with Gasteiger partial charge in [0.25, 0.3) is 0 Å². The van der Waals surface area contributed by atoms with Gasteiger partial charge in [0.05, 0.1) is 21.3 Å². The molecule has 0 aliphatic carbocycles. The van der Waals surface area contributed by atoms with E-state index in [0.717, 1.165) is 37.5 Å². The Bertz CT molecular complexity index is 451. The van der Waals surface area contributed by atoms with Crippen molar-refractivity contribution in [1.82, 2.24) is 10.2 Å². The molecule has 0 bridgehead atoms. The number of rotatable bonds is 5. The molecule has 5 heteroatoms. The van der Waals surface area contributed by atoms with Gasteiger partial charge in [0.15, 0.2) is 11.5 Å². The third-order valence-corrected chi connectivity index (χ3v) is 3.63. The van der Waals surface area contributed by atoms with Crippen LogP contribution in [0.1, 0.15) is 12.5 Å². The van der Waals surface area contributed by atoms with Gasteiger partial charge in [-0.1, -0.05) is 6.07 Å². The van der Waals surface area contributed by atoms with Gasteiger partial charge in [0, 0.05) is 37.8 Å². The number of nitrogens with zero attached hydrogens (tertiary/aromatic N) is 1. The molecule has 1 aliphatic heterocycles. The lowest BCUT2D eigenvalue weighted by molar-refractivity contribution is 0.196. The first-order valence-electron chi connectivity index (χ1n) is 6.93. The van der Waals surface area contributed by atoms with Crippen LogP contribution in [0.15, 0.2) is 12.1 Å². The van der Waals surface area contributed by atoms with Crippen LogP contribution in [-0.2, 0) is 6.54 Å². The Morgan fingerprint density at radius 2 is 1.90 bits per heavy atom. The van der Waals surface area contributed by atoms with Crippen LogP contribution in [0.4, 0.5) is 0 Å². The predicted octanol–water partition coefficient (Wildman–Crippen LogP) is 1.51. The Kier molecular flexibility index (Phi) is 5.09. The van der Waals surface area contributed by atoms with Gasteiger partial charge < -0.3 is 19.5 Å². The molecular weight excluding hydrogens is 256 g/mol. The summed E-state index contributed by atoms with van der Waals surface area (Å²) in [5.74, 6) is 2.12. The zero-order chi connectivity index (χ0) is 14.5. The Morgan fingerprint density at radius 3 is 2.50 bits per heavy atom. The van der Waals surface area contributed by atoms with Gasteiger partial charge in [-0.05, 0) is 13.0 Å². The molecule has 1 N–H and O–H groups in total. The van der Waals surface area contributed by atoms with Gasteiger partial charge in [-0.15, -0.1) is 0 Å². The van der Waals surface area contributed by atoms with E-state index in [1.807, 2.05) is 12.1 Å². The minimum atomic E-state index is 0.523. The standard InChI is InChI=1S/C15H24N2O3/c1-11-9-17(8-7-16-11)10-12-5-6-13(18-2)15(20-4)14(12)19-3/h5-6,11,16H,7-10H2,1-4H3/t11-/m0/s1. The third-order valence-electron chi connectivity index (χ3n) is 3.63. The smallest absolute Gasteiger partial charge is 0.203 e. The van der Waals surface area contributed by atoms with Gasteiger partial charge in [0.2, 0.25) is 5.75 Å². The second-order valence-corrected chi connectivity index (χ2v) is 5.08. The van der Waals surface area contributed by atoms with E-state index in [1.54, 1.807) is 21.3 Å². The molecule has 5 nitrogen and oxygen atoms in total. The van der Waals surface area contributed by atoms with Crippen LogP contribution in [-0.4, -0.2) is 51.9 Å². The van der Waals surface area contributed by atoms with Crippen molar-refractivity contribution in [3.8, 4) is 17.2 Å². The molecule has 0 amide bonds. The topological polar surface area (TPSA) is 43.0 Å².